The monoisotopic (exact) mass is 1000 g/mol. The maximum Gasteiger partial charge on any atom is 0.312 e. The van der Waals surface area contributed by atoms with Gasteiger partial charge in [0.15, 0.2) is 11.7 Å². The lowest BCUT2D eigenvalue weighted by atomic mass is 9.83. The Morgan fingerprint density at radius 1 is 0.778 bits per heavy atom. The molecule has 1 aliphatic rings. The highest BCUT2D eigenvalue weighted by Crippen LogP contribution is 2.26. The van der Waals surface area contributed by atoms with Crippen LogP contribution in [0.15, 0.2) is 65.8 Å². The molecule has 16 N–H and O–H groups in total. The third kappa shape index (κ3) is 19.2. The lowest BCUT2D eigenvalue weighted by Crippen LogP contribution is -2.58. The minimum absolute atomic E-state index is 0.0249. The van der Waals surface area contributed by atoms with Crippen LogP contribution in [0.3, 0.4) is 0 Å². The molecule has 0 radical (unpaired) electrons. The van der Waals surface area contributed by atoms with Crippen molar-refractivity contribution in [1.29, 1.82) is 0 Å². The van der Waals surface area contributed by atoms with Crippen molar-refractivity contribution in [2.24, 2.45) is 39.8 Å². The topological polar surface area (TPSA) is 387 Å². The van der Waals surface area contributed by atoms with Crippen molar-refractivity contribution in [2.75, 3.05) is 19.6 Å². The van der Waals surface area contributed by atoms with Gasteiger partial charge in [-0.2, -0.15) is 0 Å². The molecule has 4 rings (SSSR count). The first-order chi connectivity index (χ1) is 34.3. The number of primary amides is 2. The van der Waals surface area contributed by atoms with Gasteiger partial charge in [-0.15, -0.1) is 0 Å². The average Bonchev–Trinajstić information content (AvgIpc) is 3.74. The van der Waals surface area contributed by atoms with E-state index in [0.717, 1.165) is 16.5 Å². The molecular weight excluding hydrogens is 931 g/mol. The molecule has 7 atom stereocenters. The number of nitrogens with two attached hydrogens (primary N) is 4. The molecule has 23 heteroatoms. The third-order valence-electron chi connectivity index (χ3n) is 12.2. The van der Waals surface area contributed by atoms with Crippen LogP contribution in [0.4, 0.5) is 4.79 Å². The fourth-order valence-corrected chi connectivity index (χ4v) is 8.36. The van der Waals surface area contributed by atoms with Crippen LogP contribution in [0.2, 0.25) is 0 Å². The summed E-state index contributed by atoms with van der Waals surface area (Å²) in [6.45, 7) is 2.79. The molecule has 72 heavy (non-hydrogen) atoms. The highest BCUT2D eigenvalue weighted by Gasteiger charge is 2.35. The number of hydrogen-bond acceptors (Lipinski definition) is 11. The summed E-state index contributed by atoms with van der Waals surface area (Å²) in [4.78, 5) is 142. The number of rotatable bonds is 16. The number of aliphatic imine (C=N–C) groups is 1. The van der Waals surface area contributed by atoms with E-state index in [0.29, 0.717) is 5.56 Å². The second-order valence-corrected chi connectivity index (χ2v) is 18.0. The van der Waals surface area contributed by atoms with Crippen LogP contribution in [-0.2, 0) is 56.0 Å². The zero-order valence-corrected chi connectivity index (χ0v) is 40.8. The summed E-state index contributed by atoms with van der Waals surface area (Å²) in [5, 5.41) is 19.0. The fraction of sp³-hybridized carbons (Fsp3) is 0.490. The van der Waals surface area contributed by atoms with Gasteiger partial charge < -0.3 is 65.1 Å². The molecular formula is C49H69N13O10. The first-order valence-corrected chi connectivity index (χ1v) is 24.1. The molecule has 1 aromatic heterocycles. The quantitative estimate of drug-likeness (QED) is 0.0479. The molecule has 0 aliphatic carbocycles. The lowest BCUT2D eigenvalue weighted by Gasteiger charge is -2.26. The van der Waals surface area contributed by atoms with Crippen LogP contribution in [0.1, 0.15) is 89.2 Å². The third-order valence-corrected chi connectivity index (χ3v) is 12.2. The number of carbonyl (C=O) groups is 10. The molecule has 1 aliphatic heterocycles. The van der Waals surface area contributed by atoms with Gasteiger partial charge in [0.05, 0.1) is 12.5 Å². The number of aromatic nitrogens is 1. The maximum absolute atomic E-state index is 14.6. The van der Waals surface area contributed by atoms with E-state index in [1.807, 2.05) is 24.3 Å². The van der Waals surface area contributed by atoms with Crippen molar-refractivity contribution >= 4 is 75.8 Å². The number of ketones is 2. The summed E-state index contributed by atoms with van der Waals surface area (Å²) in [5.41, 5.74) is 24.1. The van der Waals surface area contributed by atoms with Gasteiger partial charge in [-0.1, -0.05) is 48.5 Å². The van der Waals surface area contributed by atoms with E-state index in [1.165, 1.54) is 13.8 Å². The Hall–Kier alpha value is -7.85. The number of para-hydroxylation sites is 1. The first-order valence-electron chi connectivity index (χ1n) is 24.1. The number of guanidine groups is 1. The van der Waals surface area contributed by atoms with Crippen molar-refractivity contribution < 1.29 is 47.9 Å². The normalized spacial score (nSPS) is 21.7. The Kier molecular flexibility index (Phi) is 22.6. The van der Waals surface area contributed by atoms with Crippen molar-refractivity contribution in [3.63, 3.8) is 0 Å². The zero-order chi connectivity index (χ0) is 52.7. The Labute approximate surface area is 417 Å². The van der Waals surface area contributed by atoms with Crippen LogP contribution in [0.5, 0.6) is 0 Å². The van der Waals surface area contributed by atoms with Crippen LogP contribution in [-0.4, -0.2) is 120 Å². The summed E-state index contributed by atoms with van der Waals surface area (Å²) < 4.78 is 0. The molecule has 23 nitrogen and oxygen atoms in total. The summed E-state index contributed by atoms with van der Waals surface area (Å²) in [7, 11) is 0. The number of nitrogens with zero attached hydrogens (tertiary/aromatic N) is 1. The Morgan fingerprint density at radius 3 is 2.18 bits per heavy atom. The standard InChI is InChI=1S/C49H69N13O10/c1-28-44(68)61-38(22-30-12-4-3-5-13-30)41(65)24-31(14-10-21-56-49(53)72)40(64)25-32(23-33-27-57-35-16-7-6-15-34(33)35)45(69)60-36(43(50)67)17-8-9-19-54-42(66)26-39(47(71)58-28)62-46(70)37(59-29(2)63)18-11-20-55-48(51)52/h3-7,12-13,15-16,27-28,31-32,36-39,57H,8-11,14,17-26H2,1-2H3,(H2,50,67)(H,54,66)(H,58,71)(H,59,63)(H,60,69)(H,61,68)(H,62,70)(H4,51,52,55)(H3,53,56,72)/t28-,31+,32+,36-,37-,38+,39-/m0/s1. The van der Waals surface area contributed by atoms with E-state index in [2.05, 4.69) is 47.2 Å². The van der Waals surface area contributed by atoms with Crippen LogP contribution in [0.25, 0.3) is 10.9 Å². The Bertz CT molecular complexity index is 2420. The first kappa shape index (κ1) is 56.7. The summed E-state index contributed by atoms with van der Waals surface area (Å²) >= 11 is 0. The Balaban J connectivity index is 1.71. The smallest absolute Gasteiger partial charge is 0.312 e. The van der Waals surface area contributed by atoms with Crippen molar-refractivity contribution in [2.45, 2.75) is 121 Å². The SMILES string of the molecule is CC(=O)N[C@@H](CCCN=C(N)N)C(=O)N[C@H]1CC(=O)NCCCC[C@@H](C(N)=O)NC(=O)[C@H](Cc2c[nH]c3ccccc23)CC(=O)[C@H](CCCNC(N)=O)CC(=O)[C@@H](Cc2ccccc2)NC(=O)[C@H](C)NC1=O. The molecule has 2 heterocycles. The van der Waals surface area contributed by atoms with E-state index in [9.17, 15) is 47.9 Å². The largest absolute Gasteiger partial charge is 0.370 e. The number of urea groups is 1. The number of H-pyrrole nitrogens is 1. The minimum atomic E-state index is -1.58. The number of aromatic amines is 1. The molecule has 2 aromatic carbocycles. The molecule has 1 saturated heterocycles. The molecule has 0 bridgehead atoms. The zero-order valence-electron chi connectivity index (χ0n) is 40.8. The van der Waals surface area contributed by atoms with Crippen LogP contribution in [0, 0.1) is 11.8 Å². The number of amides is 9. The van der Waals surface area contributed by atoms with E-state index >= 15 is 0 Å². The summed E-state index contributed by atoms with van der Waals surface area (Å²) in [6.07, 6.45) is 1.63. The van der Waals surface area contributed by atoms with Gasteiger partial charge in [0.25, 0.3) is 0 Å². The number of carbonyl (C=O) groups excluding carboxylic acids is 10. The van der Waals surface area contributed by atoms with Crippen LogP contribution >= 0.6 is 0 Å². The number of benzene rings is 2. The molecule has 0 spiro atoms. The lowest BCUT2D eigenvalue weighted by molar-refractivity contribution is -0.136. The second-order valence-electron chi connectivity index (χ2n) is 18.0. The van der Waals surface area contributed by atoms with Gasteiger partial charge in [0.2, 0.25) is 41.4 Å². The Morgan fingerprint density at radius 2 is 1.49 bits per heavy atom. The number of fused-ring (bicyclic) bond motifs is 1. The molecule has 9 amide bonds. The van der Waals surface area contributed by atoms with E-state index in [-0.39, 0.29) is 89.8 Å². The molecule has 1 fully saturated rings. The highest BCUT2D eigenvalue weighted by atomic mass is 16.2. The molecule has 0 unspecified atom stereocenters. The van der Waals surface area contributed by atoms with Crippen molar-refractivity contribution in [3.05, 3.63) is 71.9 Å². The van der Waals surface area contributed by atoms with Gasteiger partial charge in [-0.3, -0.25) is 48.1 Å². The van der Waals surface area contributed by atoms with Gasteiger partial charge in [0.1, 0.15) is 30.0 Å². The van der Waals surface area contributed by atoms with Gasteiger partial charge in [-0.05, 0) is 81.9 Å². The highest BCUT2D eigenvalue weighted by molar-refractivity contribution is 5.99. The van der Waals surface area contributed by atoms with Gasteiger partial charge >= 0.3 is 6.03 Å². The summed E-state index contributed by atoms with van der Waals surface area (Å²) in [5.74, 6) is -8.51. The second kappa shape index (κ2) is 28.7. The molecule has 0 saturated carbocycles. The number of Topliss-reactive ketones (excluding diaryl/α,β-unsaturated/α-hetero) is 2. The number of nitrogens with one attached hydrogen (secondary N) is 8. The van der Waals surface area contributed by atoms with Crippen molar-refractivity contribution in [3.8, 4) is 0 Å². The predicted molar refractivity (Wildman–Crippen MR) is 267 cm³/mol. The molecule has 3 aromatic rings. The minimum Gasteiger partial charge on any atom is -0.370 e. The van der Waals surface area contributed by atoms with E-state index in [1.54, 1.807) is 36.5 Å². The van der Waals surface area contributed by atoms with E-state index < -0.39 is 114 Å². The maximum atomic E-state index is 14.6. The fourth-order valence-electron chi connectivity index (χ4n) is 8.36. The van der Waals surface area contributed by atoms with Gasteiger partial charge in [0, 0.05) is 68.3 Å². The number of hydrogen-bond donors (Lipinski definition) is 12. The van der Waals surface area contributed by atoms with Crippen molar-refractivity contribution in [1.82, 2.24) is 42.2 Å². The average molecular weight is 1000 g/mol. The molecule has 390 valence electrons. The van der Waals surface area contributed by atoms with E-state index in [4.69, 9.17) is 22.9 Å². The predicted octanol–water partition coefficient (Wildman–Crippen LogP) is -0.755. The summed E-state index contributed by atoms with van der Waals surface area (Å²) in [6, 6.07) is 8.84. The van der Waals surface area contributed by atoms with Gasteiger partial charge in [-0.25, -0.2) is 4.79 Å². The van der Waals surface area contributed by atoms with Crippen LogP contribution < -0.4 is 60.2 Å².